The van der Waals surface area contributed by atoms with Crippen molar-refractivity contribution in [2.75, 3.05) is 20.2 Å². The van der Waals surface area contributed by atoms with Crippen molar-refractivity contribution in [2.45, 2.75) is 13.1 Å². The van der Waals surface area contributed by atoms with Crippen LogP contribution in [0.4, 0.5) is 4.39 Å². The first-order valence-corrected chi connectivity index (χ1v) is 7.01. The molecular formula is C17H21FN2O. The third-order valence-electron chi connectivity index (χ3n) is 3.33. The zero-order chi connectivity index (χ0) is 15.1. The Morgan fingerprint density at radius 2 is 1.86 bits per heavy atom. The fourth-order valence-corrected chi connectivity index (χ4v) is 2.35. The molecule has 21 heavy (non-hydrogen) atoms. The molecule has 0 aliphatic heterocycles. The van der Waals surface area contributed by atoms with Crippen LogP contribution in [0.5, 0.6) is 5.75 Å². The van der Waals surface area contributed by atoms with Gasteiger partial charge in [-0.15, -0.1) is 0 Å². The molecule has 4 heteroatoms. The van der Waals surface area contributed by atoms with E-state index in [9.17, 15) is 4.39 Å². The predicted octanol–water partition coefficient (Wildman–Crippen LogP) is 2.80. The average molecular weight is 288 g/mol. The number of hydrogen-bond acceptors (Lipinski definition) is 3. The zero-order valence-corrected chi connectivity index (χ0v) is 12.3. The molecule has 0 aliphatic carbocycles. The first-order chi connectivity index (χ1) is 10.2. The summed E-state index contributed by atoms with van der Waals surface area (Å²) in [6.45, 7) is 2.68. The first-order valence-electron chi connectivity index (χ1n) is 7.01. The number of nitrogens with two attached hydrogens (primary N) is 1. The van der Waals surface area contributed by atoms with Crippen LogP contribution in [0.25, 0.3) is 0 Å². The molecule has 2 N–H and O–H groups in total. The molecule has 0 unspecified atom stereocenters. The lowest BCUT2D eigenvalue weighted by atomic mass is 10.1. The number of halogens is 1. The van der Waals surface area contributed by atoms with Gasteiger partial charge in [0.05, 0.1) is 7.11 Å². The summed E-state index contributed by atoms with van der Waals surface area (Å²) in [5, 5.41) is 0. The second kappa shape index (κ2) is 7.76. The average Bonchev–Trinajstić information content (AvgIpc) is 2.49. The molecule has 0 saturated heterocycles. The molecule has 0 atom stereocenters. The summed E-state index contributed by atoms with van der Waals surface area (Å²) in [5.41, 5.74) is 7.73. The fraction of sp³-hybridized carbons (Fsp3) is 0.294. The highest BCUT2D eigenvalue weighted by Crippen LogP contribution is 2.21. The van der Waals surface area contributed by atoms with Gasteiger partial charge in [-0.25, -0.2) is 4.39 Å². The highest BCUT2D eigenvalue weighted by Gasteiger charge is 2.11. The number of ether oxygens (including phenoxy) is 1. The van der Waals surface area contributed by atoms with Crippen LogP contribution in [0, 0.1) is 5.82 Å². The maximum absolute atomic E-state index is 13.4. The standard InChI is InChI=1S/C17H21FN2O/c1-21-17-8-7-16(18)11-15(17)13-20(10-9-19)12-14-5-3-2-4-6-14/h2-8,11H,9-10,12-13,19H2,1H3. The Hall–Kier alpha value is -1.91. The van der Waals surface area contributed by atoms with Crippen LogP contribution in [-0.2, 0) is 13.1 Å². The molecule has 2 rings (SSSR count). The van der Waals surface area contributed by atoms with E-state index in [4.69, 9.17) is 10.5 Å². The quantitative estimate of drug-likeness (QED) is 0.851. The Kier molecular flexibility index (Phi) is 5.72. The number of hydrogen-bond donors (Lipinski definition) is 1. The van der Waals surface area contributed by atoms with E-state index in [2.05, 4.69) is 17.0 Å². The van der Waals surface area contributed by atoms with Gasteiger partial charge in [0.25, 0.3) is 0 Å². The van der Waals surface area contributed by atoms with Gasteiger partial charge in [-0.2, -0.15) is 0 Å². The normalized spacial score (nSPS) is 10.9. The van der Waals surface area contributed by atoms with E-state index < -0.39 is 0 Å². The van der Waals surface area contributed by atoms with Gasteiger partial charge in [-0.3, -0.25) is 4.90 Å². The minimum absolute atomic E-state index is 0.252. The predicted molar refractivity (Wildman–Crippen MR) is 82.6 cm³/mol. The molecule has 0 bridgehead atoms. The number of benzene rings is 2. The third-order valence-corrected chi connectivity index (χ3v) is 3.33. The molecular weight excluding hydrogens is 267 g/mol. The van der Waals surface area contributed by atoms with Gasteiger partial charge in [-0.05, 0) is 23.8 Å². The van der Waals surface area contributed by atoms with Gasteiger partial charge < -0.3 is 10.5 Å². The number of nitrogens with zero attached hydrogens (tertiary/aromatic N) is 1. The minimum Gasteiger partial charge on any atom is -0.496 e. The molecule has 2 aromatic carbocycles. The largest absolute Gasteiger partial charge is 0.496 e. The molecule has 0 heterocycles. The second-order valence-electron chi connectivity index (χ2n) is 4.94. The van der Waals surface area contributed by atoms with Crippen molar-refractivity contribution in [3.05, 3.63) is 65.5 Å². The summed E-state index contributed by atoms with van der Waals surface area (Å²) in [4.78, 5) is 2.19. The zero-order valence-electron chi connectivity index (χ0n) is 12.3. The van der Waals surface area contributed by atoms with Gasteiger partial charge in [-0.1, -0.05) is 30.3 Å². The van der Waals surface area contributed by atoms with E-state index in [1.165, 1.54) is 17.7 Å². The van der Waals surface area contributed by atoms with Crippen LogP contribution < -0.4 is 10.5 Å². The Morgan fingerprint density at radius 3 is 2.52 bits per heavy atom. The van der Waals surface area contributed by atoms with Crippen LogP contribution >= 0.6 is 0 Å². The minimum atomic E-state index is -0.252. The summed E-state index contributed by atoms with van der Waals surface area (Å²) in [6.07, 6.45) is 0. The maximum Gasteiger partial charge on any atom is 0.123 e. The van der Waals surface area contributed by atoms with E-state index in [1.807, 2.05) is 18.2 Å². The molecule has 0 fully saturated rings. The van der Waals surface area contributed by atoms with Gasteiger partial charge in [0.15, 0.2) is 0 Å². The van der Waals surface area contributed by atoms with Crippen LogP contribution in [0.2, 0.25) is 0 Å². The van der Waals surface area contributed by atoms with E-state index in [0.29, 0.717) is 18.8 Å². The van der Waals surface area contributed by atoms with Crippen molar-refractivity contribution in [3.8, 4) is 5.75 Å². The molecule has 0 aliphatic rings. The van der Waals surface area contributed by atoms with Crippen molar-refractivity contribution in [2.24, 2.45) is 5.73 Å². The molecule has 0 spiro atoms. The van der Waals surface area contributed by atoms with Gasteiger partial charge >= 0.3 is 0 Å². The second-order valence-corrected chi connectivity index (χ2v) is 4.94. The highest BCUT2D eigenvalue weighted by atomic mass is 19.1. The Balaban J connectivity index is 2.14. The van der Waals surface area contributed by atoms with Crippen LogP contribution in [0.15, 0.2) is 48.5 Å². The van der Waals surface area contributed by atoms with E-state index in [1.54, 1.807) is 13.2 Å². The summed E-state index contributed by atoms with van der Waals surface area (Å²) in [5.74, 6) is 0.449. The number of methoxy groups -OCH3 is 1. The smallest absolute Gasteiger partial charge is 0.123 e. The van der Waals surface area contributed by atoms with Crippen LogP contribution in [0.1, 0.15) is 11.1 Å². The number of rotatable bonds is 7. The Labute approximate surface area is 125 Å². The molecule has 2 aromatic rings. The highest BCUT2D eigenvalue weighted by molar-refractivity contribution is 5.34. The summed E-state index contributed by atoms with van der Waals surface area (Å²) in [6, 6.07) is 14.8. The fourth-order valence-electron chi connectivity index (χ4n) is 2.35. The van der Waals surface area contributed by atoms with Crippen molar-refractivity contribution in [1.82, 2.24) is 4.90 Å². The lowest BCUT2D eigenvalue weighted by molar-refractivity contribution is 0.259. The molecule has 112 valence electrons. The first kappa shape index (κ1) is 15.5. The molecule has 0 amide bonds. The van der Waals surface area contributed by atoms with Crippen molar-refractivity contribution < 1.29 is 9.13 Å². The van der Waals surface area contributed by atoms with E-state index >= 15 is 0 Å². The monoisotopic (exact) mass is 288 g/mol. The van der Waals surface area contributed by atoms with Crippen molar-refractivity contribution in [1.29, 1.82) is 0 Å². The molecule has 0 radical (unpaired) electrons. The Morgan fingerprint density at radius 1 is 1.10 bits per heavy atom. The summed E-state index contributed by atoms with van der Waals surface area (Å²) in [7, 11) is 1.60. The van der Waals surface area contributed by atoms with Gasteiger partial charge in [0, 0.05) is 31.7 Å². The van der Waals surface area contributed by atoms with Crippen molar-refractivity contribution >= 4 is 0 Å². The van der Waals surface area contributed by atoms with Crippen LogP contribution in [0.3, 0.4) is 0 Å². The van der Waals surface area contributed by atoms with E-state index in [-0.39, 0.29) is 5.82 Å². The molecule has 0 saturated carbocycles. The molecule has 0 aromatic heterocycles. The van der Waals surface area contributed by atoms with Crippen molar-refractivity contribution in [3.63, 3.8) is 0 Å². The van der Waals surface area contributed by atoms with Gasteiger partial charge in [0.1, 0.15) is 11.6 Å². The molecule has 3 nitrogen and oxygen atoms in total. The van der Waals surface area contributed by atoms with Crippen LogP contribution in [-0.4, -0.2) is 25.1 Å². The topological polar surface area (TPSA) is 38.5 Å². The maximum atomic E-state index is 13.4. The SMILES string of the molecule is COc1ccc(F)cc1CN(CCN)Cc1ccccc1. The van der Waals surface area contributed by atoms with Gasteiger partial charge in [0.2, 0.25) is 0 Å². The lowest BCUT2D eigenvalue weighted by Crippen LogP contribution is -2.29. The Bertz CT molecular complexity index is 560. The summed E-state index contributed by atoms with van der Waals surface area (Å²) < 4.78 is 18.8. The lowest BCUT2D eigenvalue weighted by Gasteiger charge is -2.23. The third kappa shape index (κ3) is 4.55. The summed E-state index contributed by atoms with van der Waals surface area (Å²) >= 11 is 0. The van der Waals surface area contributed by atoms with E-state index in [0.717, 1.165) is 18.7 Å².